The van der Waals surface area contributed by atoms with Crippen molar-refractivity contribution in [1.82, 2.24) is 0 Å². The molecule has 2 atom stereocenters. The summed E-state index contributed by atoms with van der Waals surface area (Å²) in [4.78, 5) is 20.8. The minimum atomic E-state index is -0.179. The van der Waals surface area contributed by atoms with Crippen LogP contribution in [0.4, 0.5) is 0 Å². The van der Waals surface area contributed by atoms with Gasteiger partial charge in [0.1, 0.15) is 12.4 Å². The molecule has 0 unspecified atom stereocenters. The van der Waals surface area contributed by atoms with Crippen LogP contribution in [0, 0.1) is 0 Å². The zero-order valence-corrected chi connectivity index (χ0v) is 9.30. The third-order valence-corrected chi connectivity index (χ3v) is 2.32. The Morgan fingerprint density at radius 2 is 2.19 bits per heavy atom. The highest BCUT2D eigenvalue weighted by atomic mass is 16.6. The molecule has 1 aliphatic heterocycles. The van der Waals surface area contributed by atoms with Crippen LogP contribution >= 0.6 is 0 Å². The van der Waals surface area contributed by atoms with Crippen LogP contribution in [0.25, 0.3) is 0 Å². The first kappa shape index (κ1) is 12.6. The van der Waals surface area contributed by atoms with E-state index in [1.165, 1.54) is 13.2 Å². The van der Waals surface area contributed by atoms with Crippen LogP contribution in [-0.2, 0) is 19.1 Å². The third kappa shape index (κ3) is 4.89. The molecule has 1 rings (SSSR count). The largest absolute Gasteiger partial charge is 0.469 e. The Bertz CT molecular complexity index is 293. The van der Waals surface area contributed by atoms with Crippen LogP contribution in [0.15, 0.2) is 24.3 Å². The lowest BCUT2D eigenvalue weighted by atomic mass is 10.1. The van der Waals surface area contributed by atoms with Gasteiger partial charge < -0.3 is 9.47 Å². The van der Waals surface area contributed by atoms with E-state index in [2.05, 4.69) is 4.74 Å². The molecule has 16 heavy (non-hydrogen) atoms. The van der Waals surface area contributed by atoms with Crippen LogP contribution in [0.2, 0.25) is 0 Å². The van der Waals surface area contributed by atoms with E-state index in [9.17, 15) is 9.59 Å². The average molecular weight is 224 g/mol. The fraction of sp³-hybridized carbons (Fsp3) is 0.500. The van der Waals surface area contributed by atoms with Gasteiger partial charge in [0.25, 0.3) is 0 Å². The Labute approximate surface area is 94.9 Å². The lowest BCUT2D eigenvalue weighted by Gasteiger charge is -1.96. The van der Waals surface area contributed by atoms with Gasteiger partial charge in [-0.25, -0.2) is 0 Å². The molecule has 0 aliphatic carbocycles. The summed E-state index contributed by atoms with van der Waals surface area (Å²) in [6, 6.07) is 0. The van der Waals surface area contributed by atoms with E-state index >= 15 is 0 Å². The highest BCUT2D eigenvalue weighted by Crippen LogP contribution is 2.28. The first-order valence-electron chi connectivity index (χ1n) is 5.29. The van der Waals surface area contributed by atoms with Gasteiger partial charge >= 0.3 is 5.97 Å². The van der Waals surface area contributed by atoms with E-state index in [1.807, 2.05) is 6.08 Å². The molecule has 1 saturated heterocycles. The summed E-state index contributed by atoms with van der Waals surface area (Å²) in [7, 11) is 1.39. The second-order valence-corrected chi connectivity index (χ2v) is 3.51. The molecular weight excluding hydrogens is 208 g/mol. The molecule has 1 heterocycles. The monoisotopic (exact) mass is 224 g/mol. The smallest absolute Gasteiger partial charge is 0.305 e. The first-order chi connectivity index (χ1) is 7.77. The van der Waals surface area contributed by atoms with Crippen molar-refractivity contribution in [3.8, 4) is 0 Å². The summed E-state index contributed by atoms with van der Waals surface area (Å²) in [5, 5.41) is 0. The predicted octanol–water partition coefficient (Wildman–Crippen LogP) is 1.41. The summed E-state index contributed by atoms with van der Waals surface area (Å²) in [5.41, 5.74) is 0. The van der Waals surface area contributed by atoms with E-state index in [0.29, 0.717) is 6.42 Å². The van der Waals surface area contributed by atoms with E-state index in [1.54, 1.807) is 12.2 Å². The van der Waals surface area contributed by atoms with Gasteiger partial charge in [-0.1, -0.05) is 18.2 Å². The van der Waals surface area contributed by atoms with Gasteiger partial charge in [-0.2, -0.15) is 0 Å². The van der Waals surface area contributed by atoms with Crippen LogP contribution in [0.3, 0.4) is 0 Å². The molecule has 0 radical (unpaired) electrons. The molecule has 0 bridgehead atoms. The van der Waals surface area contributed by atoms with Gasteiger partial charge in [0.15, 0.2) is 0 Å². The van der Waals surface area contributed by atoms with E-state index < -0.39 is 0 Å². The molecule has 0 saturated carbocycles. The van der Waals surface area contributed by atoms with Crippen LogP contribution < -0.4 is 0 Å². The van der Waals surface area contributed by atoms with Crippen molar-refractivity contribution in [2.75, 3.05) is 7.11 Å². The summed E-state index contributed by atoms with van der Waals surface area (Å²) >= 11 is 0. The average Bonchev–Trinajstić information content (AvgIpc) is 3.03. The number of carbonyl (C=O) groups excluding carboxylic acids is 2. The Morgan fingerprint density at radius 1 is 1.38 bits per heavy atom. The number of hydrogen-bond acceptors (Lipinski definition) is 4. The van der Waals surface area contributed by atoms with Crippen LogP contribution in [0.1, 0.15) is 19.3 Å². The molecule has 0 spiro atoms. The van der Waals surface area contributed by atoms with E-state index in [0.717, 1.165) is 19.1 Å². The Kier molecular flexibility index (Phi) is 5.50. The molecule has 0 aromatic carbocycles. The number of allylic oxidation sites excluding steroid dienone is 3. The van der Waals surface area contributed by atoms with Crippen molar-refractivity contribution in [1.29, 1.82) is 0 Å². The fourth-order valence-electron chi connectivity index (χ4n) is 1.39. The topological polar surface area (TPSA) is 55.9 Å². The standard InChI is InChI=1S/C12H16O4/c1-15-12(14)8-5-7-11-10(16-11)6-3-2-4-9-13/h2-4,6,9-11H,5,7-8H2,1H3/b4-2+,6-3+/t10-,11-/m0/s1. The van der Waals surface area contributed by atoms with Gasteiger partial charge in [-0.3, -0.25) is 9.59 Å². The highest BCUT2D eigenvalue weighted by molar-refractivity contribution is 5.69. The number of epoxide rings is 1. The maximum atomic E-state index is 10.8. The maximum Gasteiger partial charge on any atom is 0.305 e. The van der Waals surface area contributed by atoms with Crippen molar-refractivity contribution < 1.29 is 19.1 Å². The summed E-state index contributed by atoms with van der Waals surface area (Å²) in [6.07, 6.45) is 9.95. The van der Waals surface area contributed by atoms with E-state index in [4.69, 9.17) is 4.74 Å². The maximum absolute atomic E-state index is 10.8. The Hall–Kier alpha value is -1.42. The lowest BCUT2D eigenvalue weighted by Crippen LogP contribution is -2.01. The zero-order valence-electron chi connectivity index (χ0n) is 9.30. The molecule has 1 aliphatic rings. The van der Waals surface area contributed by atoms with Crippen molar-refractivity contribution >= 4 is 12.3 Å². The quantitative estimate of drug-likeness (QED) is 0.216. The second kappa shape index (κ2) is 6.95. The SMILES string of the molecule is COC(=O)CCC[C@@H]1O[C@H]1/C=C/C=C/C=O. The summed E-state index contributed by atoms with van der Waals surface area (Å²) < 4.78 is 9.89. The minimum absolute atomic E-state index is 0.133. The first-order valence-corrected chi connectivity index (χ1v) is 5.29. The van der Waals surface area contributed by atoms with Crippen LogP contribution in [-0.4, -0.2) is 31.6 Å². The normalized spacial score (nSPS) is 23.8. The van der Waals surface area contributed by atoms with Gasteiger partial charge in [0, 0.05) is 6.42 Å². The lowest BCUT2D eigenvalue weighted by molar-refractivity contribution is -0.140. The van der Waals surface area contributed by atoms with Gasteiger partial charge in [-0.15, -0.1) is 0 Å². The number of hydrogen-bond donors (Lipinski definition) is 0. The molecule has 4 heteroatoms. The van der Waals surface area contributed by atoms with Crippen molar-refractivity contribution in [2.24, 2.45) is 0 Å². The van der Waals surface area contributed by atoms with Crippen molar-refractivity contribution in [2.45, 2.75) is 31.5 Å². The molecule has 88 valence electrons. The zero-order chi connectivity index (χ0) is 11.8. The summed E-state index contributed by atoms with van der Waals surface area (Å²) in [5.74, 6) is -0.179. The number of esters is 1. The van der Waals surface area contributed by atoms with Gasteiger partial charge in [0.2, 0.25) is 0 Å². The number of ether oxygens (including phenoxy) is 2. The highest BCUT2D eigenvalue weighted by Gasteiger charge is 2.35. The molecular formula is C12H16O4. The van der Waals surface area contributed by atoms with E-state index in [-0.39, 0.29) is 18.2 Å². The number of carbonyl (C=O) groups is 2. The van der Waals surface area contributed by atoms with Gasteiger partial charge in [0.05, 0.1) is 13.2 Å². The second-order valence-electron chi connectivity index (χ2n) is 3.51. The molecule has 4 nitrogen and oxygen atoms in total. The molecule has 0 N–H and O–H groups in total. The molecule has 0 aromatic heterocycles. The third-order valence-electron chi connectivity index (χ3n) is 2.32. The molecule has 0 amide bonds. The molecule has 0 aromatic rings. The van der Waals surface area contributed by atoms with Crippen molar-refractivity contribution in [3.05, 3.63) is 24.3 Å². The fourth-order valence-corrected chi connectivity index (χ4v) is 1.39. The summed E-state index contributed by atoms with van der Waals surface area (Å²) in [6.45, 7) is 0. The minimum Gasteiger partial charge on any atom is -0.469 e. The number of rotatable bonds is 7. The predicted molar refractivity (Wildman–Crippen MR) is 58.9 cm³/mol. The van der Waals surface area contributed by atoms with Crippen molar-refractivity contribution in [3.63, 3.8) is 0 Å². The molecule has 1 fully saturated rings. The number of aldehydes is 1. The Balaban J connectivity index is 2.06. The van der Waals surface area contributed by atoms with Crippen LogP contribution in [0.5, 0.6) is 0 Å². The van der Waals surface area contributed by atoms with Gasteiger partial charge in [-0.05, 0) is 18.9 Å². The number of methoxy groups -OCH3 is 1. The Morgan fingerprint density at radius 3 is 2.88 bits per heavy atom.